The summed E-state index contributed by atoms with van der Waals surface area (Å²) in [4.78, 5) is 27.9. The molecule has 0 radical (unpaired) electrons. The number of hydrogen-bond acceptors (Lipinski definition) is 3. The molecule has 3 aliphatic rings. The Labute approximate surface area is 184 Å². The lowest BCUT2D eigenvalue weighted by Gasteiger charge is -2.26. The van der Waals surface area contributed by atoms with Crippen molar-refractivity contribution in [3.8, 4) is 0 Å². The lowest BCUT2D eigenvalue weighted by molar-refractivity contribution is -0.138. The Morgan fingerprint density at radius 2 is 1.72 bits per heavy atom. The van der Waals surface area contributed by atoms with Crippen molar-refractivity contribution < 1.29 is 22.8 Å². The molecule has 0 aromatic heterocycles. The summed E-state index contributed by atoms with van der Waals surface area (Å²) in [5.74, 6) is -0.972. The zero-order valence-electron chi connectivity index (χ0n) is 17.8. The molecular weight excluding hydrogens is 415 g/mol. The normalized spacial score (nSPS) is 22.2. The van der Waals surface area contributed by atoms with Crippen LogP contribution in [0.2, 0.25) is 0 Å². The minimum Gasteiger partial charge on any atom is -0.366 e. The maximum absolute atomic E-state index is 13.9. The van der Waals surface area contributed by atoms with Crippen LogP contribution in [-0.4, -0.2) is 23.7 Å². The monoisotopic (exact) mass is 439 g/mol. The first-order valence-corrected chi connectivity index (χ1v) is 11.1. The topological polar surface area (TPSA) is 37.4 Å². The van der Waals surface area contributed by atoms with Crippen LogP contribution in [0, 0.1) is 6.92 Å². The number of Topliss-reactive ketones (excluding diaryl/α,β-unsaturated/α-hetero) is 2. The standard InChI is InChI=1S/C26H24F3NO2/c1-15-2-3-16-5-11-21(25(32)22(16)12-15)24(31)13-17-4-6-20(14-23(17)26(27,28)29)30-18-7-8-19(30)10-9-18/h2-4,6,11-12,14,18-19H,5,7-10,13H2,1H3. The number of anilines is 1. The average Bonchev–Trinajstić information content (AvgIpc) is 3.34. The van der Waals surface area contributed by atoms with E-state index < -0.39 is 29.7 Å². The van der Waals surface area contributed by atoms with Crippen LogP contribution in [-0.2, 0) is 23.8 Å². The Morgan fingerprint density at radius 1 is 1.03 bits per heavy atom. The van der Waals surface area contributed by atoms with E-state index in [1.54, 1.807) is 18.2 Å². The highest BCUT2D eigenvalue weighted by atomic mass is 19.4. The first-order valence-electron chi connectivity index (χ1n) is 11.1. The van der Waals surface area contributed by atoms with E-state index in [-0.39, 0.29) is 11.1 Å². The summed E-state index contributed by atoms with van der Waals surface area (Å²) in [7, 11) is 0. The fourth-order valence-corrected chi connectivity index (χ4v) is 5.52. The van der Waals surface area contributed by atoms with Gasteiger partial charge in [0.1, 0.15) is 0 Å². The quantitative estimate of drug-likeness (QED) is 0.580. The molecule has 2 bridgehead atoms. The van der Waals surface area contributed by atoms with Gasteiger partial charge in [-0.15, -0.1) is 0 Å². The zero-order valence-corrected chi connectivity index (χ0v) is 17.8. The van der Waals surface area contributed by atoms with Crippen molar-refractivity contribution in [2.45, 2.75) is 63.7 Å². The van der Waals surface area contributed by atoms with Crippen molar-refractivity contribution in [3.63, 3.8) is 0 Å². The number of carbonyl (C=O) groups is 2. The number of allylic oxidation sites excluding steroid dienone is 2. The zero-order chi connectivity index (χ0) is 22.6. The molecule has 2 aliphatic heterocycles. The van der Waals surface area contributed by atoms with Crippen molar-refractivity contribution in [2.24, 2.45) is 0 Å². The Balaban J connectivity index is 1.43. The van der Waals surface area contributed by atoms with E-state index in [9.17, 15) is 22.8 Å². The van der Waals surface area contributed by atoms with Crippen molar-refractivity contribution in [2.75, 3.05) is 4.90 Å². The van der Waals surface area contributed by atoms with Crippen molar-refractivity contribution in [3.05, 3.63) is 75.9 Å². The second kappa shape index (κ2) is 7.61. The van der Waals surface area contributed by atoms with Gasteiger partial charge in [0.25, 0.3) is 0 Å². The van der Waals surface area contributed by atoms with E-state index in [4.69, 9.17) is 0 Å². The molecule has 0 atom stereocenters. The van der Waals surface area contributed by atoms with Crippen LogP contribution in [0.4, 0.5) is 18.9 Å². The van der Waals surface area contributed by atoms with Gasteiger partial charge in [-0.3, -0.25) is 9.59 Å². The number of fused-ring (bicyclic) bond motifs is 3. The molecule has 2 aromatic carbocycles. The van der Waals surface area contributed by atoms with Gasteiger partial charge in [-0.05, 0) is 68.4 Å². The molecular formula is C26H24F3NO2. The Hall–Kier alpha value is -2.89. The molecule has 6 heteroatoms. The van der Waals surface area contributed by atoms with E-state index in [0.717, 1.165) is 36.8 Å². The van der Waals surface area contributed by atoms with Crippen LogP contribution in [0.1, 0.15) is 58.3 Å². The number of benzene rings is 2. The van der Waals surface area contributed by atoms with Gasteiger partial charge in [-0.2, -0.15) is 13.2 Å². The summed E-state index contributed by atoms with van der Waals surface area (Å²) in [6.45, 7) is 1.86. The summed E-state index contributed by atoms with van der Waals surface area (Å²) in [5, 5.41) is 0. The lowest BCUT2D eigenvalue weighted by Crippen LogP contribution is -2.28. The van der Waals surface area contributed by atoms with Gasteiger partial charge in [0, 0.05) is 29.8 Å². The van der Waals surface area contributed by atoms with Crippen molar-refractivity contribution >= 4 is 17.3 Å². The Bertz CT molecular complexity index is 1130. The van der Waals surface area contributed by atoms with Crippen molar-refractivity contribution in [1.82, 2.24) is 0 Å². The smallest absolute Gasteiger partial charge is 0.366 e. The van der Waals surface area contributed by atoms with Gasteiger partial charge in [-0.25, -0.2) is 0 Å². The molecule has 2 aromatic rings. The van der Waals surface area contributed by atoms with Crippen molar-refractivity contribution in [1.29, 1.82) is 0 Å². The molecule has 1 aliphatic carbocycles. The number of ketones is 2. The Morgan fingerprint density at radius 3 is 2.38 bits per heavy atom. The number of nitrogens with zero attached hydrogens (tertiary/aromatic N) is 1. The van der Waals surface area contributed by atoms with E-state index in [1.807, 2.05) is 19.1 Å². The molecule has 2 heterocycles. The van der Waals surface area contributed by atoms with Crippen LogP contribution in [0.25, 0.3) is 0 Å². The predicted molar refractivity (Wildman–Crippen MR) is 116 cm³/mol. The fraction of sp³-hybridized carbons (Fsp3) is 0.385. The highest BCUT2D eigenvalue weighted by molar-refractivity contribution is 6.27. The summed E-state index contributed by atoms with van der Waals surface area (Å²) < 4.78 is 41.8. The van der Waals surface area contributed by atoms with Crippen LogP contribution in [0.3, 0.4) is 0 Å². The molecule has 166 valence electrons. The van der Waals surface area contributed by atoms with Gasteiger partial charge in [0.15, 0.2) is 11.6 Å². The molecule has 2 saturated heterocycles. The second-order valence-electron chi connectivity index (χ2n) is 9.12. The molecule has 0 saturated carbocycles. The number of rotatable bonds is 4. The van der Waals surface area contributed by atoms with Gasteiger partial charge in [0.2, 0.25) is 0 Å². The highest BCUT2D eigenvalue weighted by Crippen LogP contribution is 2.43. The number of alkyl halides is 3. The summed E-state index contributed by atoms with van der Waals surface area (Å²) in [6.07, 6.45) is 1.02. The van der Waals surface area contributed by atoms with Gasteiger partial charge in [-0.1, -0.05) is 29.8 Å². The third kappa shape index (κ3) is 3.55. The number of aryl methyl sites for hydroxylation is 1. The minimum atomic E-state index is -4.57. The third-order valence-corrected chi connectivity index (χ3v) is 7.08. The van der Waals surface area contributed by atoms with Crippen LogP contribution in [0.5, 0.6) is 0 Å². The number of carbonyl (C=O) groups excluding carboxylic acids is 2. The molecule has 0 N–H and O–H groups in total. The van der Waals surface area contributed by atoms with Crippen LogP contribution < -0.4 is 4.90 Å². The molecule has 0 unspecified atom stereocenters. The Kier molecular flexibility index (Phi) is 4.99. The van der Waals surface area contributed by atoms with E-state index in [0.29, 0.717) is 29.8 Å². The first kappa shape index (κ1) is 21.0. The molecule has 32 heavy (non-hydrogen) atoms. The second-order valence-corrected chi connectivity index (χ2v) is 9.12. The molecule has 0 amide bonds. The fourth-order valence-electron chi connectivity index (χ4n) is 5.52. The van der Waals surface area contributed by atoms with E-state index >= 15 is 0 Å². The average molecular weight is 439 g/mol. The van der Waals surface area contributed by atoms with E-state index in [1.165, 1.54) is 12.1 Å². The maximum Gasteiger partial charge on any atom is 0.416 e. The van der Waals surface area contributed by atoms with Gasteiger partial charge >= 0.3 is 6.18 Å². The van der Waals surface area contributed by atoms with Gasteiger partial charge in [0.05, 0.1) is 11.1 Å². The number of halogens is 3. The third-order valence-electron chi connectivity index (χ3n) is 7.08. The molecule has 3 nitrogen and oxygen atoms in total. The summed E-state index contributed by atoms with van der Waals surface area (Å²) in [5.41, 5.74) is 1.89. The number of hydrogen-bond donors (Lipinski definition) is 0. The van der Waals surface area contributed by atoms with Crippen LogP contribution >= 0.6 is 0 Å². The first-order chi connectivity index (χ1) is 15.2. The van der Waals surface area contributed by atoms with Crippen LogP contribution in [0.15, 0.2) is 48.0 Å². The molecule has 5 rings (SSSR count). The van der Waals surface area contributed by atoms with Gasteiger partial charge < -0.3 is 4.90 Å². The lowest BCUT2D eigenvalue weighted by atomic mass is 9.85. The SMILES string of the molecule is Cc1ccc2c(c1)C(=O)C(C(=O)Cc1ccc(N3C4CCC3CC4)cc1C(F)(F)F)=CC2. The predicted octanol–water partition coefficient (Wildman–Crippen LogP) is 5.62. The largest absolute Gasteiger partial charge is 0.416 e. The summed E-state index contributed by atoms with van der Waals surface area (Å²) in [6, 6.07) is 10.4. The molecule has 0 spiro atoms. The maximum atomic E-state index is 13.9. The highest BCUT2D eigenvalue weighted by Gasteiger charge is 2.41. The van der Waals surface area contributed by atoms with E-state index in [2.05, 4.69) is 4.90 Å². The summed E-state index contributed by atoms with van der Waals surface area (Å²) >= 11 is 0. The minimum absolute atomic E-state index is 0.0158. The molecule has 2 fully saturated rings.